The van der Waals surface area contributed by atoms with Crippen LogP contribution in [0.25, 0.3) is 88.8 Å². The molecule has 4 nitrogen and oxygen atoms in total. The van der Waals surface area contributed by atoms with Crippen LogP contribution < -0.4 is 0 Å². The van der Waals surface area contributed by atoms with E-state index in [4.69, 9.17) is 19.4 Å². The Kier molecular flexibility index (Phi) is 6.00. The van der Waals surface area contributed by atoms with Gasteiger partial charge in [0.25, 0.3) is 0 Å². The van der Waals surface area contributed by atoms with E-state index in [-0.39, 0.29) is 0 Å². The lowest BCUT2D eigenvalue weighted by Crippen LogP contribution is -2.00. The Bertz CT molecular complexity index is 2620. The molecule has 0 aliphatic rings. The molecule has 216 valence electrons. The summed E-state index contributed by atoms with van der Waals surface area (Å²) >= 11 is 0. The van der Waals surface area contributed by atoms with Gasteiger partial charge >= 0.3 is 0 Å². The number of aryl methyl sites for hydroxylation is 1. The van der Waals surface area contributed by atoms with Crippen LogP contribution >= 0.6 is 0 Å². The van der Waals surface area contributed by atoms with Gasteiger partial charge in [-0.1, -0.05) is 115 Å². The molecule has 0 saturated carbocycles. The molecule has 0 amide bonds. The maximum Gasteiger partial charge on any atom is 0.164 e. The second kappa shape index (κ2) is 10.5. The topological polar surface area (TPSA) is 51.8 Å². The van der Waals surface area contributed by atoms with Crippen molar-refractivity contribution in [2.24, 2.45) is 0 Å². The fraction of sp³-hybridized carbons (Fsp3) is 0.0238. The van der Waals surface area contributed by atoms with E-state index in [1.165, 1.54) is 27.5 Å². The average molecular weight is 590 g/mol. The van der Waals surface area contributed by atoms with Crippen molar-refractivity contribution < 1.29 is 4.42 Å². The van der Waals surface area contributed by atoms with Gasteiger partial charge in [0, 0.05) is 27.5 Å². The van der Waals surface area contributed by atoms with E-state index >= 15 is 0 Å². The second-order valence-corrected chi connectivity index (χ2v) is 11.7. The minimum atomic E-state index is 0.611. The first-order chi connectivity index (χ1) is 22.7. The molecule has 0 unspecified atom stereocenters. The molecule has 7 aromatic carbocycles. The Labute approximate surface area is 265 Å². The van der Waals surface area contributed by atoms with Crippen LogP contribution in [0.2, 0.25) is 0 Å². The van der Waals surface area contributed by atoms with Gasteiger partial charge in [0.1, 0.15) is 11.2 Å². The Morgan fingerprint density at radius 2 is 0.957 bits per heavy atom. The second-order valence-electron chi connectivity index (χ2n) is 11.7. The predicted octanol–water partition coefficient (Wildman–Crippen LogP) is 11.1. The molecule has 0 aliphatic heterocycles. The maximum absolute atomic E-state index is 6.22. The van der Waals surface area contributed by atoms with Crippen LogP contribution in [0.4, 0.5) is 0 Å². The molecule has 0 bridgehead atoms. The predicted molar refractivity (Wildman–Crippen MR) is 189 cm³/mol. The van der Waals surface area contributed by atoms with Gasteiger partial charge in [-0.2, -0.15) is 0 Å². The molecule has 4 heteroatoms. The number of hydrogen-bond acceptors (Lipinski definition) is 4. The summed E-state index contributed by atoms with van der Waals surface area (Å²) in [6.45, 7) is 2.15. The zero-order chi connectivity index (χ0) is 30.6. The third-order valence-electron chi connectivity index (χ3n) is 8.84. The molecule has 9 aromatic rings. The number of nitrogens with zero attached hydrogens (tertiary/aromatic N) is 3. The van der Waals surface area contributed by atoms with Crippen LogP contribution in [0.3, 0.4) is 0 Å². The first kappa shape index (κ1) is 26.3. The highest BCUT2D eigenvalue weighted by Gasteiger charge is 2.18. The number of rotatable bonds is 4. The average Bonchev–Trinajstić information content (AvgIpc) is 3.50. The van der Waals surface area contributed by atoms with E-state index in [0.717, 1.165) is 49.4 Å². The Hall–Kier alpha value is -6.13. The SMILES string of the molecule is Cc1ccccc1-c1ccc2cc(-c3nc(-c4ccc5ccccc5c4)nc(-c4cccc5oc6ccccc6c45)n3)ccc2c1. The van der Waals surface area contributed by atoms with E-state index in [1.807, 2.05) is 30.3 Å². The summed E-state index contributed by atoms with van der Waals surface area (Å²) in [5, 5.41) is 6.66. The lowest BCUT2D eigenvalue weighted by Gasteiger charge is -2.11. The van der Waals surface area contributed by atoms with Crippen molar-refractivity contribution >= 4 is 43.5 Å². The highest BCUT2D eigenvalue weighted by atomic mass is 16.3. The zero-order valence-corrected chi connectivity index (χ0v) is 25.1. The van der Waals surface area contributed by atoms with Crippen molar-refractivity contribution in [1.29, 1.82) is 0 Å². The van der Waals surface area contributed by atoms with Crippen LogP contribution in [0, 0.1) is 6.92 Å². The third-order valence-corrected chi connectivity index (χ3v) is 8.84. The third kappa shape index (κ3) is 4.42. The van der Waals surface area contributed by atoms with Gasteiger partial charge < -0.3 is 4.42 Å². The minimum Gasteiger partial charge on any atom is -0.456 e. The molecule has 0 radical (unpaired) electrons. The first-order valence-corrected chi connectivity index (χ1v) is 15.4. The van der Waals surface area contributed by atoms with Crippen LogP contribution in [-0.2, 0) is 0 Å². The molecule has 0 aliphatic carbocycles. The van der Waals surface area contributed by atoms with Crippen LogP contribution in [0.1, 0.15) is 5.56 Å². The lowest BCUT2D eigenvalue weighted by atomic mass is 9.97. The highest BCUT2D eigenvalue weighted by molar-refractivity contribution is 6.11. The molecule has 0 spiro atoms. The Balaban J connectivity index is 1.24. The first-order valence-electron chi connectivity index (χ1n) is 15.4. The summed E-state index contributed by atoms with van der Waals surface area (Å²) < 4.78 is 6.22. The van der Waals surface area contributed by atoms with E-state index in [0.29, 0.717) is 17.5 Å². The van der Waals surface area contributed by atoms with Crippen molar-refractivity contribution in [2.45, 2.75) is 6.92 Å². The van der Waals surface area contributed by atoms with Crippen LogP contribution in [-0.4, -0.2) is 15.0 Å². The van der Waals surface area contributed by atoms with Gasteiger partial charge in [-0.05, 0) is 75.5 Å². The Morgan fingerprint density at radius 3 is 1.74 bits per heavy atom. The summed E-state index contributed by atoms with van der Waals surface area (Å²) in [7, 11) is 0. The molecule has 46 heavy (non-hydrogen) atoms. The van der Waals surface area contributed by atoms with Crippen molar-refractivity contribution in [3.05, 3.63) is 151 Å². The number of hydrogen-bond donors (Lipinski definition) is 0. The summed E-state index contributed by atoms with van der Waals surface area (Å²) in [5.74, 6) is 1.87. The van der Waals surface area contributed by atoms with Gasteiger partial charge in [0.2, 0.25) is 0 Å². The molecule has 0 N–H and O–H groups in total. The fourth-order valence-electron chi connectivity index (χ4n) is 6.49. The summed E-state index contributed by atoms with van der Waals surface area (Å²) in [6, 6.07) is 50.5. The Morgan fingerprint density at radius 1 is 0.413 bits per heavy atom. The standard InChI is InChI=1S/C42H27N3O/c1-26-9-2-5-12-34(26)31-20-18-30-25-33(22-19-29(30)23-31)41-43-40(32-21-17-27-10-3-4-11-28(27)24-32)44-42(45-41)36-14-8-16-38-39(36)35-13-6-7-15-37(35)46-38/h2-25H,1H3. The van der Waals surface area contributed by atoms with Crippen molar-refractivity contribution in [3.63, 3.8) is 0 Å². The summed E-state index contributed by atoms with van der Waals surface area (Å²) in [4.78, 5) is 15.3. The summed E-state index contributed by atoms with van der Waals surface area (Å²) in [6.07, 6.45) is 0. The molecule has 2 aromatic heterocycles. The molecule has 9 rings (SSSR count). The number of benzene rings is 7. The lowest BCUT2D eigenvalue weighted by molar-refractivity contribution is 0.669. The van der Waals surface area contributed by atoms with Crippen LogP contribution in [0.5, 0.6) is 0 Å². The fourth-order valence-corrected chi connectivity index (χ4v) is 6.49. The number of fused-ring (bicyclic) bond motifs is 5. The normalized spacial score (nSPS) is 11.6. The number of furan rings is 1. The monoisotopic (exact) mass is 589 g/mol. The zero-order valence-electron chi connectivity index (χ0n) is 25.1. The summed E-state index contributed by atoms with van der Waals surface area (Å²) in [5.41, 5.74) is 8.16. The van der Waals surface area contributed by atoms with Gasteiger partial charge in [-0.15, -0.1) is 0 Å². The maximum atomic E-state index is 6.22. The molecule has 0 saturated heterocycles. The van der Waals surface area contributed by atoms with Gasteiger partial charge in [0.05, 0.1) is 0 Å². The van der Waals surface area contributed by atoms with Crippen molar-refractivity contribution in [3.8, 4) is 45.3 Å². The van der Waals surface area contributed by atoms with E-state index < -0.39 is 0 Å². The van der Waals surface area contributed by atoms with Crippen molar-refractivity contribution in [1.82, 2.24) is 15.0 Å². The number of aromatic nitrogens is 3. The van der Waals surface area contributed by atoms with E-state index in [1.54, 1.807) is 0 Å². The van der Waals surface area contributed by atoms with E-state index in [2.05, 4.69) is 122 Å². The van der Waals surface area contributed by atoms with Gasteiger partial charge in [0.15, 0.2) is 17.5 Å². The van der Waals surface area contributed by atoms with Crippen LogP contribution in [0.15, 0.2) is 150 Å². The molecule has 0 fully saturated rings. The highest BCUT2D eigenvalue weighted by Crippen LogP contribution is 2.37. The van der Waals surface area contributed by atoms with Gasteiger partial charge in [-0.25, -0.2) is 15.0 Å². The number of para-hydroxylation sites is 1. The molecular weight excluding hydrogens is 562 g/mol. The van der Waals surface area contributed by atoms with Gasteiger partial charge in [-0.3, -0.25) is 0 Å². The molecular formula is C42H27N3O. The smallest absolute Gasteiger partial charge is 0.164 e. The van der Waals surface area contributed by atoms with Crippen molar-refractivity contribution in [2.75, 3.05) is 0 Å². The largest absolute Gasteiger partial charge is 0.456 e. The molecule has 0 atom stereocenters. The van der Waals surface area contributed by atoms with E-state index in [9.17, 15) is 0 Å². The minimum absolute atomic E-state index is 0.611. The quantitative estimate of drug-likeness (QED) is 0.205. The molecule has 2 heterocycles.